The van der Waals surface area contributed by atoms with Gasteiger partial charge >= 0.3 is 0 Å². The highest BCUT2D eigenvalue weighted by Gasteiger charge is 2.15. The van der Waals surface area contributed by atoms with Crippen LogP contribution < -0.4 is 0 Å². The molecule has 1 saturated heterocycles. The predicted molar refractivity (Wildman–Crippen MR) is 38.1 cm³/mol. The monoisotopic (exact) mass is 170 g/mol. The number of ether oxygens (including phenoxy) is 2. The lowest BCUT2D eigenvalue weighted by molar-refractivity contribution is -0.0496. The van der Waals surface area contributed by atoms with Crippen molar-refractivity contribution in [2.24, 2.45) is 0 Å². The molecule has 0 N–H and O–H groups in total. The molecule has 0 atom stereocenters. The van der Waals surface area contributed by atoms with Crippen LogP contribution >= 0.6 is 0 Å². The van der Waals surface area contributed by atoms with E-state index in [4.69, 9.17) is 9.47 Å². The lowest BCUT2D eigenvalue weighted by Crippen LogP contribution is -2.12. The Morgan fingerprint density at radius 1 is 1.42 bits per heavy atom. The normalized spacial score (nSPS) is 18.7. The van der Waals surface area contributed by atoms with E-state index in [9.17, 15) is 0 Å². The number of rotatable bonds is 3. The molecule has 0 spiro atoms. The minimum Gasteiger partial charge on any atom is -0.350 e. The summed E-state index contributed by atoms with van der Waals surface area (Å²) in [6, 6.07) is 0. The van der Waals surface area contributed by atoms with Gasteiger partial charge in [0.1, 0.15) is 6.33 Å². The van der Waals surface area contributed by atoms with Gasteiger partial charge in [0.15, 0.2) is 6.29 Å². The number of hydrogen-bond donors (Lipinski definition) is 0. The van der Waals surface area contributed by atoms with Crippen molar-refractivity contribution in [1.82, 2.24) is 20.2 Å². The first-order valence-corrected chi connectivity index (χ1v) is 3.89. The van der Waals surface area contributed by atoms with Crippen molar-refractivity contribution in [2.75, 3.05) is 13.2 Å². The van der Waals surface area contributed by atoms with Crippen molar-refractivity contribution in [3.05, 3.63) is 6.33 Å². The number of tetrazole rings is 1. The summed E-state index contributed by atoms with van der Waals surface area (Å²) >= 11 is 0. The second kappa shape index (κ2) is 3.59. The van der Waals surface area contributed by atoms with E-state index in [-0.39, 0.29) is 6.29 Å². The van der Waals surface area contributed by atoms with Gasteiger partial charge in [0.25, 0.3) is 0 Å². The Morgan fingerprint density at radius 2 is 2.25 bits per heavy atom. The molecule has 1 aromatic rings. The first-order valence-electron chi connectivity index (χ1n) is 3.89. The van der Waals surface area contributed by atoms with Crippen LogP contribution in [-0.2, 0) is 16.0 Å². The quantitative estimate of drug-likeness (QED) is 0.608. The fraction of sp³-hybridized carbons (Fsp3) is 0.833. The second-order valence-electron chi connectivity index (χ2n) is 2.53. The maximum atomic E-state index is 5.25. The van der Waals surface area contributed by atoms with E-state index >= 15 is 0 Å². The molecular formula is C6H10N4O2. The Labute approximate surface area is 69.5 Å². The molecule has 0 radical (unpaired) electrons. The van der Waals surface area contributed by atoms with Crippen molar-refractivity contribution >= 4 is 0 Å². The van der Waals surface area contributed by atoms with Crippen LogP contribution in [0, 0.1) is 0 Å². The fourth-order valence-electron chi connectivity index (χ4n) is 1.09. The van der Waals surface area contributed by atoms with Gasteiger partial charge in [-0.3, -0.25) is 0 Å². The molecule has 2 heterocycles. The van der Waals surface area contributed by atoms with E-state index in [0.717, 1.165) is 13.0 Å². The molecule has 12 heavy (non-hydrogen) atoms. The maximum Gasteiger partial charge on any atom is 0.159 e. The van der Waals surface area contributed by atoms with Gasteiger partial charge < -0.3 is 9.47 Å². The molecule has 6 heteroatoms. The Balaban J connectivity index is 1.74. The molecule has 0 saturated carbocycles. The van der Waals surface area contributed by atoms with Crippen LogP contribution in [0.4, 0.5) is 0 Å². The molecule has 6 nitrogen and oxygen atoms in total. The van der Waals surface area contributed by atoms with Crippen molar-refractivity contribution in [2.45, 2.75) is 19.3 Å². The number of aromatic nitrogens is 4. The lowest BCUT2D eigenvalue weighted by atomic mass is 10.4. The zero-order valence-corrected chi connectivity index (χ0v) is 6.59. The molecule has 1 aromatic heterocycles. The van der Waals surface area contributed by atoms with Crippen LogP contribution in [0.15, 0.2) is 6.33 Å². The van der Waals surface area contributed by atoms with Crippen LogP contribution in [0.5, 0.6) is 0 Å². The van der Waals surface area contributed by atoms with Crippen LogP contribution in [0.25, 0.3) is 0 Å². The van der Waals surface area contributed by atoms with E-state index in [1.165, 1.54) is 0 Å². The zero-order valence-electron chi connectivity index (χ0n) is 6.59. The molecular weight excluding hydrogens is 160 g/mol. The van der Waals surface area contributed by atoms with Crippen molar-refractivity contribution in [1.29, 1.82) is 0 Å². The zero-order chi connectivity index (χ0) is 8.23. The van der Waals surface area contributed by atoms with Crippen molar-refractivity contribution < 1.29 is 9.47 Å². The minimum absolute atomic E-state index is 0.0748. The van der Waals surface area contributed by atoms with Crippen LogP contribution in [-0.4, -0.2) is 39.7 Å². The third kappa shape index (κ3) is 1.77. The molecule has 1 aliphatic heterocycles. The Kier molecular flexibility index (Phi) is 2.28. The van der Waals surface area contributed by atoms with E-state index in [1.807, 2.05) is 0 Å². The van der Waals surface area contributed by atoms with Gasteiger partial charge in [-0.2, -0.15) is 0 Å². The van der Waals surface area contributed by atoms with E-state index in [1.54, 1.807) is 11.0 Å². The molecule has 2 rings (SSSR count). The van der Waals surface area contributed by atoms with Crippen LogP contribution in [0.2, 0.25) is 0 Å². The summed E-state index contributed by atoms with van der Waals surface area (Å²) < 4.78 is 12.2. The summed E-state index contributed by atoms with van der Waals surface area (Å²) in [5.74, 6) is 0. The fourth-order valence-corrected chi connectivity index (χ4v) is 1.09. The maximum absolute atomic E-state index is 5.25. The molecule has 0 aromatic carbocycles. The third-order valence-electron chi connectivity index (χ3n) is 1.68. The molecule has 66 valence electrons. The summed E-state index contributed by atoms with van der Waals surface area (Å²) in [6.07, 6.45) is 2.30. The minimum atomic E-state index is -0.0748. The van der Waals surface area contributed by atoms with E-state index in [0.29, 0.717) is 13.2 Å². The van der Waals surface area contributed by atoms with Gasteiger partial charge in [-0.15, -0.1) is 5.10 Å². The SMILES string of the molecule is c1nnnn1CCC1OCCO1. The Morgan fingerprint density at radius 3 is 2.92 bits per heavy atom. The summed E-state index contributed by atoms with van der Waals surface area (Å²) in [5.41, 5.74) is 0. The largest absolute Gasteiger partial charge is 0.350 e. The van der Waals surface area contributed by atoms with Gasteiger partial charge in [-0.05, 0) is 10.4 Å². The number of aryl methyl sites for hydroxylation is 1. The predicted octanol–water partition coefficient (Wildman–Crippen LogP) is -0.564. The van der Waals surface area contributed by atoms with Crippen molar-refractivity contribution in [3.8, 4) is 0 Å². The average molecular weight is 170 g/mol. The highest BCUT2D eigenvalue weighted by atomic mass is 16.7. The number of hydrogen-bond acceptors (Lipinski definition) is 5. The first kappa shape index (κ1) is 7.63. The van der Waals surface area contributed by atoms with Gasteiger partial charge in [0, 0.05) is 13.0 Å². The van der Waals surface area contributed by atoms with Gasteiger partial charge in [0.2, 0.25) is 0 Å². The summed E-state index contributed by atoms with van der Waals surface area (Å²) in [5, 5.41) is 10.8. The molecule has 0 unspecified atom stereocenters. The van der Waals surface area contributed by atoms with Gasteiger partial charge in [-0.25, -0.2) is 4.68 Å². The summed E-state index contributed by atoms with van der Waals surface area (Å²) in [6.45, 7) is 2.12. The second-order valence-corrected chi connectivity index (χ2v) is 2.53. The van der Waals surface area contributed by atoms with E-state index in [2.05, 4.69) is 15.5 Å². The third-order valence-corrected chi connectivity index (χ3v) is 1.68. The van der Waals surface area contributed by atoms with Gasteiger partial charge in [0.05, 0.1) is 13.2 Å². The van der Waals surface area contributed by atoms with Gasteiger partial charge in [-0.1, -0.05) is 0 Å². The highest BCUT2D eigenvalue weighted by molar-refractivity contribution is 4.54. The Bertz CT molecular complexity index is 219. The Hall–Kier alpha value is -1.01. The van der Waals surface area contributed by atoms with Crippen LogP contribution in [0.3, 0.4) is 0 Å². The number of nitrogens with zero attached hydrogens (tertiary/aromatic N) is 4. The molecule has 1 aliphatic rings. The van der Waals surface area contributed by atoms with E-state index < -0.39 is 0 Å². The molecule has 0 amide bonds. The molecule has 0 bridgehead atoms. The standard InChI is InChI=1S/C6H10N4O2/c1(6-11-3-4-12-6)2-10-5-7-8-9-10/h5-6H,1-4H2. The molecule has 0 aliphatic carbocycles. The van der Waals surface area contributed by atoms with Crippen LogP contribution in [0.1, 0.15) is 6.42 Å². The lowest BCUT2D eigenvalue weighted by Gasteiger charge is -2.06. The summed E-state index contributed by atoms with van der Waals surface area (Å²) in [4.78, 5) is 0. The average Bonchev–Trinajstić information content (AvgIpc) is 2.74. The highest BCUT2D eigenvalue weighted by Crippen LogP contribution is 2.07. The molecule has 1 fully saturated rings. The topological polar surface area (TPSA) is 62.1 Å². The van der Waals surface area contributed by atoms with Crippen molar-refractivity contribution in [3.63, 3.8) is 0 Å². The first-order chi connectivity index (χ1) is 5.95. The smallest absolute Gasteiger partial charge is 0.159 e. The summed E-state index contributed by atoms with van der Waals surface area (Å²) in [7, 11) is 0.